The molecule has 2 unspecified atom stereocenters. The van der Waals surface area contributed by atoms with Gasteiger partial charge in [0.2, 0.25) is 0 Å². The van der Waals surface area contributed by atoms with E-state index in [4.69, 9.17) is 12.2 Å². The first-order chi connectivity index (χ1) is 5.66. The van der Waals surface area contributed by atoms with Crippen LogP contribution in [0.5, 0.6) is 0 Å². The van der Waals surface area contributed by atoms with Crippen LogP contribution in [-0.2, 0) is 0 Å². The third-order valence-electron chi connectivity index (χ3n) is 2.36. The van der Waals surface area contributed by atoms with Crippen LogP contribution in [-0.4, -0.2) is 9.97 Å². The molecule has 1 heterocycles. The third kappa shape index (κ3) is 1.41. The Labute approximate surface area is 77.0 Å². The predicted octanol–water partition coefficient (Wildman–Crippen LogP) is 2.57. The van der Waals surface area contributed by atoms with E-state index in [2.05, 4.69) is 16.9 Å². The summed E-state index contributed by atoms with van der Waals surface area (Å²) in [5, 5.41) is 0. The average molecular weight is 180 g/mol. The van der Waals surface area contributed by atoms with Crippen molar-refractivity contribution >= 4 is 12.2 Å². The highest BCUT2D eigenvalue weighted by Gasteiger charge is 2.35. The molecule has 0 aromatic carbocycles. The summed E-state index contributed by atoms with van der Waals surface area (Å²) in [5.41, 5.74) is 1.11. The van der Waals surface area contributed by atoms with Gasteiger partial charge in [-0.2, -0.15) is 0 Å². The van der Waals surface area contributed by atoms with Gasteiger partial charge in [-0.15, -0.1) is 0 Å². The van der Waals surface area contributed by atoms with Gasteiger partial charge in [0.05, 0.1) is 0 Å². The Balaban J connectivity index is 2.39. The standard InChI is InChI=1S/C9H12N2S/c1-5-3-7(5)9-10-6(2)4-8(12)11-9/h4-5,7H,3H2,1-2H3,(H,10,11,12). The zero-order chi connectivity index (χ0) is 8.72. The molecule has 2 rings (SSSR count). The second kappa shape index (κ2) is 2.66. The van der Waals surface area contributed by atoms with E-state index in [1.807, 2.05) is 13.0 Å². The van der Waals surface area contributed by atoms with Crippen LogP contribution in [0.25, 0.3) is 0 Å². The summed E-state index contributed by atoms with van der Waals surface area (Å²) >= 11 is 5.04. The highest BCUT2D eigenvalue weighted by atomic mass is 32.1. The topological polar surface area (TPSA) is 28.7 Å². The molecule has 1 aromatic rings. The number of hydrogen-bond acceptors (Lipinski definition) is 2. The fraction of sp³-hybridized carbons (Fsp3) is 0.556. The maximum atomic E-state index is 5.04. The normalized spacial score (nSPS) is 27.2. The predicted molar refractivity (Wildman–Crippen MR) is 50.7 cm³/mol. The van der Waals surface area contributed by atoms with Crippen LogP contribution in [0.3, 0.4) is 0 Å². The molecule has 3 heteroatoms. The third-order valence-corrected chi connectivity index (χ3v) is 2.57. The van der Waals surface area contributed by atoms with Gasteiger partial charge in [-0.05, 0) is 25.3 Å². The van der Waals surface area contributed by atoms with Gasteiger partial charge in [-0.1, -0.05) is 19.1 Å². The maximum absolute atomic E-state index is 5.04. The van der Waals surface area contributed by atoms with Gasteiger partial charge in [-0.25, -0.2) is 4.98 Å². The van der Waals surface area contributed by atoms with Crippen molar-refractivity contribution in [1.82, 2.24) is 9.97 Å². The lowest BCUT2D eigenvalue weighted by atomic mass is 10.3. The Morgan fingerprint density at radius 2 is 2.33 bits per heavy atom. The largest absolute Gasteiger partial charge is 0.347 e. The number of aromatic nitrogens is 2. The minimum atomic E-state index is 0.631. The van der Waals surface area contributed by atoms with Crippen molar-refractivity contribution in [3.63, 3.8) is 0 Å². The van der Waals surface area contributed by atoms with E-state index in [-0.39, 0.29) is 0 Å². The van der Waals surface area contributed by atoms with Gasteiger partial charge in [0.25, 0.3) is 0 Å². The quantitative estimate of drug-likeness (QED) is 0.673. The van der Waals surface area contributed by atoms with Crippen LogP contribution in [0.15, 0.2) is 6.07 Å². The van der Waals surface area contributed by atoms with Crippen molar-refractivity contribution in [3.05, 3.63) is 22.2 Å². The summed E-state index contributed by atoms with van der Waals surface area (Å²) in [6.07, 6.45) is 1.25. The summed E-state index contributed by atoms with van der Waals surface area (Å²) in [4.78, 5) is 7.57. The fourth-order valence-electron chi connectivity index (χ4n) is 1.48. The second-order valence-electron chi connectivity index (χ2n) is 3.61. The molecule has 1 aliphatic carbocycles. The zero-order valence-electron chi connectivity index (χ0n) is 7.29. The average Bonchev–Trinajstić information content (AvgIpc) is 2.64. The van der Waals surface area contributed by atoms with Crippen LogP contribution >= 0.6 is 12.2 Å². The minimum absolute atomic E-state index is 0.631. The number of hydrogen-bond donors (Lipinski definition) is 1. The van der Waals surface area contributed by atoms with E-state index in [9.17, 15) is 0 Å². The van der Waals surface area contributed by atoms with E-state index >= 15 is 0 Å². The molecular weight excluding hydrogens is 168 g/mol. The van der Waals surface area contributed by atoms with Gasteiger partial charge in [-0.3, -0.25) is 0 Å². The lowest BCUT2D eigenvalue weighted by Crippen LogP contribution is -1.95. The molecule has 0 spiro atoms. The Morgan fingerprint density at radius 1 is 1.67 bits per heavy atom. The van der Waals surface area contributed by atoms with Gasteiger partial charge in [0.15, 0.2) is 0 Å². The number of rotatable bonds is 1. The van der Waals surface area contributed by atoms with Crippen molar-refractivity contribution in [3.8, 4) is 0 Å². The van der Waals surface area contributed by atoms with Crippen molar-refractivity contribution in [2.75, 3.05) is 0 Å². The van der Waals surface area contributed by atoms with Gasteiger partial charge in [0, 0.05) is 11.6 Å². The molecule has 0 amide bonds. The molecular formula is C9H12N2S. The van der Waals surface area contributed by atoms with E-state index in [1.165, 1.54) is 6.42 Å². The van der Waals surface area contributed by atoms with E-state index in [1.54, 1.807) is 0 Å². The first-order valence-electron chi connectivity index (χ1n) is 4.24. The number of aryl methyl sites for hydroxylation is 1. The molecule has 1 saturated carbocycles. The highest BCUT2D eigenvalue weighted by Crippen LogP contribution is 2.45. The molecule has 2 atom stereocenters. The Morgan fingerprint density at radius 3 is 2.83 bits per heavy atom. The monoisotopic (exact) mass is 180 g/mol. The first kappa shape index (κ1) is 7.92. The second-order valence-corrected chi connectivity index (χ2v) is 4.03. The van der Waals surface area contributed by atoms with Crippen LogP contribution in [0.2, 0.25) is 0 Å². The molecule has 64 valence electrons. The maximum Gasteiger partial charge on any atom is 0.129 e. The van der Waals surface area contributed by atoms with Crippen molar-refractivity contribution in [1.29, 1.82) is 0 Å². The Kier molecular flexibility index (Phi) is 1.76. The molecule has 0 aliphatic heterocycles. The smallest absolute Gasteiger partial charge is 0.129 e. The zero-order valence-corrected chi connectivity index (χ0v) is 8.11. The first-order valence-corrected chi connectivity index (χ1v) is 4.65. The number of aromatic amines is 1. The molecule has 2 nitrogen and oxygen atoms in total. The Bertz CT molecular complexity index is 356. The lowest BCUT2D eigenvalue weighted by Gasteiger charge is -1.99. The van der Waals surface area contributed by atoms with E-state index < -0.39 is 0 Å². The van der Waals surface area contributed by atoms with Crippen LogP contribution in [0.1, 0.15) is 30.8 Å². The number of nitrogens with one attached hydrogen (secondary N) is 1. The van der Waals surface area contributed by atoms with Gasteiger partial charge < -0.3 is 4.98 Å². The SMILES string of the molecule is Cc1cc(=S)nc(C2CC2C)[nH]1. The molecule has 0 radical (unpaired) electrons. The highest BCUT2D eigenvalue weighted by molar-refractivity contribution is 7.71. The summed E-state index contributed by atoms with van der Waals surface area (Å²) in [6, 6.07) is 1.89. The fourth-order valence-corrected chi connectivity index (χ4v) is 1.76. The summed E-state index contributed by atoms with van der Waals surface area (Å²) in [5.74, 6) is 2.49. The Hall–Kier alpha value is -0.700. The summed E-state index contributed by atoms with van der Waals surface area (Å²) in [6.45, 7) is 4.26. The van der Waals surface area contributed by atoms with Crippen LogP contribution in [0, 0.1) is 17.5 Å². The van der Waals surface area contributed by atoms with Crippen molar-refractivity contribution in [2.24, 2.45) is 5.92 Å². The van der Waals surface area contributed by atoms with Crippen LogP contribution < -0.4 is 0 Å². The summed E-state index contributed by atoms with van der Waals surface area (Å²) in [7, 11) is 0. The van der Waals surface area contributed by atoms with Gasteiger partial charge >= 0.3 is 0 Å². The number of nitrogens with zero attached hydrogens (tertiary/aromatic N) is 1. The lowest BCUT2D eigenvalue weighted by molar-refractivity contribution is 0.829. The molecule has 0 saturated heterocycles. The van der Waals surface area contributed by atoms with Crippen molar-refractivity contribution in [2.45, 2.75) is 26.2 Å². The summed E-state index contributed by atoms with van der Waals surface area (Å²) < 4.78 is 0.709. The van der Waals surface area contributed by atoms with E-state index in [0.717, 1.165) is 17.4 Å². The molecule has 1 N–H and O–H groups in total. The van der Waals surface area contributed by atoms with Crippen LogP contribution in [0.4, 0.5) is 0 Å². The minimum Gasteiger partial charge on any atom is -0.347 e. The molecule has 0 bridgehead atoms. The van der Waals surface area contributed by atoms with Gasteiger partial charge in [0.1, 0.15) is 10.5 Å². The van der Waals surface area contributed by atoms with E-state index in [0.29, 0.717) is 10.6 Å². The molecule has 1 fully saturated rings. The van der Waals surface area contributed by atoms with Crippen molar-refractivity contribution < 1.29 is 0 Å². The molecule has 1 aliphatic rings. The molecule has 12 heavy (non-hydrogen) atoms. The molecule has 1 aromatic heterocycles. The number of H-pyrrole nitrogens is 1.